The second-order valence-corrected chi connectivity index (χ2v) is 13.0. The van der Waals surface area contributed by atoms with Gasteiger partial charge in [-0.3, -0.25) is 0 Å². The largest absolute Gasteiger partial charge is 0.456 e. The fourth-order valence-electron chi connectivity index (χ4n) is 7.44. The minimum atomic E-state index is 0.695. The zero-order chi connectivity index (χ0) is 33.7. The number of fused-ring (bicyclic) bond motifs is 7. The molecule has 0 radical (unpaired) electrons. The van der Waals surface area contributed by atoms with Gasteiger partial charge in [0.15, 0.2) is 5.82 Å². The van der Waals surface area contributed by atoms with Crippen LogP contribution in [0, 0.1) is 0 Å². The van der Waals surface area contributed by atoms with Gasteiger partial charge in [-0.05, 0) is 80.2 Å². The predicted molar refractivity (Wildman–Crippen MR) is 212 cm³/mol. The van der Waals surface area contributed by atoms with E-state index in [1.165, 1.54) is 21.5 Å². The molecule has 0 bridgehead atoms. The molecule has 8 aromatic carbocycles. The highest BCUT2D eigenvalue weighted by Crippen LogP contribution is 2.43. The molecular formula is C48H30N2O. The van der Waals surface area contributed by atoms with Crippen molar-refractivity contribution >= 4 is 43.5 Å². The standard InChI is InChI=1S/C48H30N2O/c1-4-13-31(14-5-1)35-27-36(29-37(28-35)43-30-42(33-16-6-2-7-17-33)49-48(50-43)34-18-8-3-9-19-34)39-21-12-22-44-46(39)47-41-24-23-32-15-10-11-20-38(32)40(41)25-26-45(47)51-44/h1-30H. The minimum absolute atomic E-state index is 0.695. The summed E-state index contributed by atoms with van der Waals surface area (Å²) in [6.45, 7) is 0. The highest BCUT2D eigenvalue weighted by molar-refractivity contribution is 6.26. The summed E-state index contributed by atoms with van der Waals surface area (Å²) in [6.07, 6.45) is 0. The van der Waals surface area contributed by atoms with Crippen molar-refractivity contribution in [2.45, 2.75) is 0 Å². The molecule has 2 aromatic heterocycles. The molecule has 238 valence electrons. The monoisotopic (exact) mass is 650 g/mol. The summed E-state index contributed by atoms with van der Waals surface area (Å²) < 4.78 is 6.57. The van der Waals surface area contributed by atoms with E-state index in [2.05, 4.69) is 158 Å². The van der Waals surface area contributed by atoms with Crippen molar-refractivity contribution in [3.05, 3.63) is 182 Å². The van der Waals surface area contributed by atoms with E-state index in [1.807, 2.05) is 24.3 Å². The van der Waals surface area contributed by atoms with Gasteiger partial charge in [0.2, 0.25) is 0 Å². The Kier molecular flexibility index (Phi) is 6.81. The van der Waals surface area contributed by atoms with Crippen LogP contribution >= 0.6 is 0 Å². The van der Waals surface area contributed by atoms with Crippen LogP contribution in [-0.4, -0.2) is 9.97 Å². The molecule has 0 unspecified atom stereocenters. The van der Waals surface area contributed by atoms with Crippen molar-refractivity contribution < 1.29 is 4.42 Å². The smallest absolute Gasteiger partial charge is 0.160 e. The topological polar surface area (TPSA) is 38.9 Å². The van der Waals surface area contributed by atoms with Gasteiger partial charge in [0, 0.05) is 27.5 Å². The quantitative estimate of drug-likeness (QED) is 0.174. The molecule has 2 heterocycles. The van der Waals surface area contributed by atoms with Crippen LogP contribution in [0.2, 0.25) is 0 Å². The van der Waals surface area contributed by atoms with E-state index in [-0.39, 0.29) is 0 Å². The third kappa shape index (κ3) is 5.06. The normalized spacial score (nSPS) is 11.5. The minimum Gasteiger partial charge on any atom is -0.456 e. The maximum atomic E-state index is 6.57. The van der Waals surface area contributed by atoms with Crippen molar-refractivity contribution in [1.82, 2.24) is 9.97 Å². The number of aromatic nitrogens is 2. The molecule has 0 aliphatic carbocycles. The van der Waals surface area contributed by atoms with Crippen LogP contribution in [0.15, 0.2) is 186 Å². The molecular weight excluding hydrogens is 621 g/mol. The SMILES string of the molecule is c1ccc(-c2cc(-c3cc(-c4ccccc4)nc(-c4ccccc4)n3)cc(-c3cccc4oc5ccc6c7ccccc7ccc6c5c34)c2)cc1. The second-order valence-electron chi connectivity index (χ2n) is 13.0. The third-order valence-corrected chi connectivity index (χ3v) is 9.86. The number of hydrogen-bond acceptors (Lipinski definition) is 3. The van der Waals surface area contributed by atoms with Gasteiger partial charge in [-0.15, -0.1) is 0 Å². The molecule has 10 rings (SSSR count). The molecule has 0 saturated heterocycles. The summed E-state index contributed by atoms with van der Waals surface area (Å²) in [6, 6.07) is 63.8. The zero-order valence-corrected chi connectivity index (χ0v) is 27.6. The number of benzene rings is 8. The lowest BCUT2D eigenvalue weighted by atomic mass is 9.91. The Morgan fingerprint density at radius 3 is 1.73 bits per heavy atom. The Morgan fingerprint density at radius 2 is 0.941 bits per heavy atom. The number of hydrogen-bond donors (Lipinski definition) is 0. The first-order chi connectivity index (χ1) is 25.3. The molecule has 51 heavy (non-hydrogen) atoms. The second kappa shape index (κ2) is 11.9. The summed E-state index contributed by atoms with van der Waals surface area (Å²) >= 11 is 0. The molecule has 0 N–H and O–H groups in total. The Balaban J connectivity index is 1.25. The molecule has 0 fully saturated rings. The number of furan rings is 1. The van der Waals surface area contributed by atoms with Crippen molar-refractivity contribution in [1.29, 1.82) is 0 Å². The van der Waals surface area contributed by atoms with Crippen LogP contribution in [0.5, 0.6) is 0 Å². The molecule has 0 aliphatic heterocycles. The highest BCUT2D eigenvalue weighted by atomic mass is 16.3. The lowest BCUT2D eigenvalue weighted by Gasteiger charge is -2.14. The lowest BCUT2D eigenvalue weighted by molar-refractivity contribution is 0.669. The number of nitrogens with zero attached hydrogens (tertiary/aromatic N) is 2. The van der Waals surface area contributed by atoms with Crippen molar-refractivity contribution in [3.8, 4) is 56.2 Å². The van der Waals surface area contributed by atoms with E-state index in [4.69, 9.17) is 14.4 Å². The fraction of sp³-hybridized carbons (Fsp3) is 0. The Hall–Kier alpha value is -6.84. The van der Waals surface area contributed by atoms with Gasteiger partial charge >= 0.3 is 0 Å². The Labute approximate surface area is 295 Å². The van der Waals surface area contributed by atoms with Gasteiger partial charge in [0.25, 0.3) is 0 Å². The maximum absolute atomic E-state index is 6.57. The van der Waals surface area contributed by atoms with Crippen LogP contribution in [0.4, 0.5) is 0 Å². The molecule has 3 heteroatoms. The Morgan fingerprint density at radius 1 is 0.333 bits per heavy atom. The van der Waals surface area contributed by atoms with Crippen LogP contribution in [0.3, 0.4) is 0 Å². The molecule has 10 aromatic rings. The van der Waals surface area contributed by atoms with Gasteiger partial charge in [0.1, 0.15) is 11.2 Å². The van der Waals surface area contributed by atoms with Gasteiger partial charge in [0.05, 0.1) is 11.4 Å². The molecule has 0 atom stereocenters. The summed E-state index contributed by atoms with van der Waals surface area (Å²) in [4.78, 5) is 10.3. The van der Waals surface area contributed by atoms with Gasteiger partial charge in [-0.1, -0.05) is 146 Å². The molecule has 3 nitrogen and oxygen atoms in total. The van der Waals surface area contributed by atoms with Crippen molar-refractivity contribution in [2.24, 2.45) is 0 Å². The third-order valence-electron chi connectivity index (χ3n) is 9.86. The van der Waals surface area contributed by atoms with Gasteiger partial charge < -0.3 is 4.42 Å². The van der Waals surface area contributed by atoms with E-state index in [1.54, 1.807) is 0 Å². The number of rotatable bonds is 5. The summed E-state index contributed by atoms with van der Waals surface area (Å²) in [5.74, 6) is 0.695. The van der Waals surface area contributed by atoms with Crippen LogP contribution in [0.25, 0.3) is 99.6 Å². The van der Waals surface area contributed by atoms with Gasteiger partial charge in [-0.2, -0.15) is 0 Å². The summed E-state index contributed by atoms with van der Waals surface area (Å²) in [5.41, 5.74) is 11.0. The van der Waals surface area contributed by atoms with Crippen molar-refractivity contribution in [3.63, 3.8) is 0 Å². The average Bonchev–Trinajstić information content (AvgIpc) is 3.61. The first kappa shape index (κ1) is 29.1. The first-order valence-corrected chi connectivity index (χ1v) is 17.2. The lowest BCUT2D eigenvalue weighted by Crippen LogP contribution is -1.96. The average molecular weight is 651 g/mol. The molecule has 0 saturated carbocycles. The maximum Gasteiger partial charge on any atom is 0.160 e. The first-order valence-electron chi connectivity index (χ1n) is 17.2. The van der Waals surface area contributed by atoms with Crippen LogP contribution in [0.1, 0.15) is 0 Å². The molecule has 0 spiro atoms. The zero-order valence-electron chi connectivity index (χ0n) is 27.6. The Bertz CT molecular complexity index is 2840. The van der Waals surface area contributed by atoms with E-state index < -0.39 is 0 Å². The molecule has 0 amide bonds. The molecule has 0 aliphatic rings. The fourth-order valence-corrected chi connectivity index (χ4v) is 7.44. The summed E-state index contributed by atoms with van der Waals surface area (Å²) in [5, 5.41) is 7.13. The van der Waals surface area contributed by atoms with E-state index in [9.17, 15) is 0 Å². The highest BCUT2D eigenvalue weighted by Gasteiger charge is 2.18. The van der Waals surface area contributed by atoms with Crippen LogP contribution in [-0.2, 0) is 0 Å². The van der Waals surface area contributed by atoms with Gasteiger partial charge in [-0.25, -0.2) is 9.97 Å². The van der Waals surface area contributed by atoms with E-state index in [0.29, 0.717) is 5.82 Å². The van der Waals surface area contributed by atoms with E-state index >= 15 is 0 Å². The van der Waals surface area contributed by atoms with Crippen LogP contribution < -0.4 is 0 Å². The summed E-state index contributed by atoms with van der Waals surface area (Å²) in [7, 11) is 0. The predicted octanol–water partition coefficient (Wildman–Crippen LogP) is 13.0. The van der Waals surface area contributed by atoms with E-state index in [0.717, 1.165) is 72.3 Å². The van der Waals surface area contributed by atoms with Crippen molar-refractivity contribution in [2.75, 3.05) is 0 Å².